The standard InChI is InChI=1S/C18H26N4O4/c1-18(2,3)26-17(23)20-7-8-21-15(12-20)11-19(4)10-13-9-14(22(24)25)5-6-16(13)21/h5-6,9,15H,7-8,10-12H2,1-4H3. The summed E-state index contributed by atoms with van der Waals surface area (Å²) in [6, 6.07) is 5.18. The first-order valence-corrected chi connectivity index (χ1v) is 8.84. The molecule has 1 aromatic carbocycles. The van der Waals surface area contributed by atoms with Crippen LogP contribution in [-0.4, -0.2) is 65.7 Å². The van der Waals surface area contributed by atoms with Gasteiger partial charge in [0.1, 0.15) is 5.60 Å². The number of anilines is 1. The molecule has 2 heterocycles. The first-order chi connectivity index (χ1) is 12.1. The molecule has 2 aliphatic heterocycles. The second kappa shape index (κ2) is 6.75. The van der Waals surface area contributed by atoms with Gasteiger partial charge in [0.25, 0.3) is 5.69 Å². The first kappa shape index (κ1) is 18.4. The van der Waals surface area contributed by atoms with E-state index in [0.717, 1.165) is 17.8 Å². The van der Waals surface area contributed by atoms with E-state index < -0.39 is 5.60 Å². The maximum Gasteiger partial charge on any atom is 0.410 e. The van der Waals surface area contributed by atoms with Crippen LogP contribution in [0.1, 0.15) is 26.3 Å². The minimum Gasteiger partial charge on any atom is -0.444 e. The Bertz CT molecular complexity index is 716. The fourth-order valence-electron chi connectivity index (χ4n) is 3.63. The van der Waals surface area contributed by atoms with Gasteiger partial charge in [-0.25, -0.2) is 4.79 Å². The van der Waals surface area contributed by atoms with Crippen LogP contribution in [0.15, 0.2) is 18.2 Å². The number of carbonyl (C=O) groups is 1. The van der Waals surface area contributed by atoms with Crippen LogP contribution < -0.4 is 4.90 Å². The van der Waals surface area contributed by atoms with Crippen LogP contribution in [0.5, 0.6) is 0 Å². The predicted octanol–water partition coefficient (Wildman–Crippen LogP) is 2.47. The van der Waals surface area contributed by atoms with Crippen molar-refractivity contribution >= 4 is 17.5 Å². The summed E-state index contributed by atoms with van der Waals surface area (Å²) in [5.41, 5.74) is 1.58. The Balaban J connectivity index is 1.82. The van der Waals surface area contributed by atoms with E-state index in [9.17, 15) is 14.9 Å². The van der Waals surface area contributed by atoms with Crippen molar-refractivity contribution in [2.75, 3.05) is 38.1 Å². The van der Waals surface area contributed by atoms with Gasteiger partial charge in [-0.2, -0.15) is 0 Å². The van der Waals surface area contributed by atoms with Gasteiger partial charge < -0.3 is 14.5 Å². The lowest BCUT2D eigenvalue weighted by molar-refractivity contribution is -0.384. The number of hydrogen-bond acceptors (Lipinski definition) is 6. The molecule has 0 radical (unpaired) electrons. The summed E-state index contributed by atoms with van der Waals surface area (Å²) < 4.78 is 5.51. The van der Waals surface area contributed by atoms with E-state index in [0.29, 0.717) is 26.2 Å². The molecule has 1 aromatic rings. The lowest BCUT2D eigenvalue weighted by atomic mass is 10.1. The number of likely N-dealkylation sites (N-methyl/N-ethyl adjacent to an activating group) is 1. The summed E-state index contributed by atoms with van der Waals surface area (Å²) in [6.45, 7) is 8.86. The fourth-order valence-corrected chi connectivity index (χ4v) is 3.63. The van der Waals surface area contributed by atoms with Gasteiger partial charge >= 0.3 is 6.09 Å². The molecule has 0 spiro atoms. The molecule has 8 heteroatoms. The molecule has 1 unspecified atom stereocenters. The average molecular weight is 362 g/mol. The zero-order valence-corrected chi connectivity index (χ0v) is 15.8. The molecule has 1 fully saturated rings. The zero-order valence-electron chi connectivity index (χ0n) is 15.8. The van der Waals surface area contributed by atoms with Gasteiger partial charge in [0.05, 0.1) is 11.0 Å². The van der Waals surface area contributed by atoms with Gasteiger partial charge in [0.2, 0.25) is 0 Å². The largest absolute Gasteiger partial charge is 0.444 e. The van der Waals surface area contributed by atoms with Crippen molar-refractivity contribution in [2.24, 2.45) is 0 Å². The van der Waals surface area contributed by atoms with Gasteiger partial charge in [-0.3, -0.25) is 15.0 Å². The molecule has 0 aliphatic carbocycles. The number of rotatable bonds is 1. The topological polar surface area (TPSA) is 79.2 Å². The molecule has 1 amide bonds. The Labute approximate surface area is 153 Å². The van der Waals surface area contributed by atoms with Crippen molar-refractivity contribution in [1.29, 1.82) is 0 Å². The molecule has 0 N–H and O–H groups in total. The van der Waals surface area contributed by atoms with Crippen LogP contribution >= 0.6 is 0 Å². The SMILES string of the molecule is CN1Cc2cc([N+](=O)[O-])ccc2N2CCN(C(=O)OC(C)(C)C)CC2C1. The second-order valence-electron chi connectivity index (χ2n) is 8.04. The number of piperazine rings is 1. The molecule has 142 valence electrons. The van der Waals surface area contributed by atoms with Gasteiger partial charge in [0, 0.05) is 50.5 Å². The van der Waals surface area contributed by atoms with Crippen LogP contribution in [0.4, 0.5) is 16.2 Å². The number of fused-ring (bicyclic) bond motifs is 3. The highest BCUT2D eigenvalue weighted by atomic mass is 16.6. The van der Waals surface area contributed by atoms with Crippen molar-refractivity contribution < 1.29 is 14.5 Å². The molecule has 3 rings (SSSR count). The summed E-state index contributed by atoms with van der Waals surface area (Å²) in [7, 11) is 2.00. The van der Waals surface area contributed by atoms with Crippen LogP contribution in [0.25, 0.3) is 0 Å². The molecule has 0 aromatic heterocycles. The Kier molecular flexibility index (Phi) is 4.79. The Morgan fingerprint density at radius 1 is 1.27 bits per heavy atom. The fraction of sp³-hybridized carbons (Fsp3) is 0.611. The minimum atomic E-state index is -0.514. The molecule has 8 nitrogen and oxygen atoms in total. The predicted molar refractivity (Wildman–Crippen MR) is 98.4 cm³/mol. The summed E-state index contributed by atoms with van der Waals surface area (Å²) in [5.74, 6) is 0. The number of carbonyl (C=O) groups excluding carboxylic acids is 1. The van der Waals surface area contributed by atoms with E-state index in [2.05, 4.69) is 9.80 Å². The van der Waals surface area contributed by atoms with Crippen molar-refractivity contribution in [1.82, 2.24) is 9.80 Å². The lowest BCUT2D eigenvalue weighted by Crippen LogP contribution is -2.57. The van der Waals surface area contributed by atoms with Crippen molar-refractivity contribution in [3.63, 3.8) is 0 Å². The molecule has 0 saturated carbocycles. The average Bonchev–Trinajstić information content (AvgIpc) is 2.66. The third kappa shape index (κ3) is 3.90. The monoisotopic (exact) mass is 362 g/mol. The van der Waals surface area contributed by atoms with Crippen LogP contribution in [0.2, 0.25) is 0 Å². The minimum absolute atomic E-state index is 0.114. The molecule has 0 bridgehead atoms. The molecule has 1 atom stereocenters. The van der Waals surface area contributed by atoms with E-state index in [1.165, 1.54) is 0 Å². The quantitative estimate of drug-likeness (QED) is 0.564. The number of nitro benzene ring substituents is 1. The highest BCUT2D eigenvalue weighted by Gasteiger charge is 2.35. The third-order valence-electron chi connectivity index (χ3n) is 4.68. The summed E-state index contributed by atoms with van der Waals surface area (Å²) >= 11 is 0. The van der Waals surface area contributed by atoms with Crippen molar-refractivity contribution in [2.45, 2.75) is 39.0 Å². The maximum absolute atomic E-state index is 12.4. The number of benzene rings is 1. The number of hydrogen-bond donors (Lipinski definition) is 0. The van der Waals surface area contributed by atoms with E-state index in [4.69, 9.17) is 4.74 Å². The molecule has 1 saturated heterocycles. The lowest BCUT2D eigenvalue weighted by Gasteiger charge is -2.42. The summed E-state index contributed by atoms with van der Waals surface area (Å²) in [6.07, 6.45) is -0.284. The highest BCUT2D eigenvalue weighted by molar-refractivity contribution is 5.69. The molecule has 26 heavy (non-hydrogen) atoms. The zero-order chi connectivity index (χ0) is 19.1. The number of amides is 1. The maximum atomic E-state index is 12.4. The Morgan fingerprint density at radius 3 is 2.65 bits per heavy atom. The number of ether oxygens (including phenoxy) is 1. The summed E-state index contributed by atoms with van der Waals surface area (Å²) in [5, 5.41) is 11.1. The normalized spacial score (nSPS) is 20.8. The number of nitro groups is 1. The van der Waals surface area contributed by atoms with Gasteiger partial charge in [-0.1, -0.05) is 0 Å². The third-order valence-corrected chi connectivity index (χ3v) is 4.68. The van der Waals surface area contributed by atoms with Crippen molar-refractivity contribution in [3.05, 3.63) is 33.9 Å². The Hall–Kier alpha value is -2.35. The molecular formula is C18H26N4O4. The van der Waals surface area contributed by atoms with E-state index >= 15 is 0 Å². The Morgan fingerprint density at radius 2 is 2.00 bits per heavy atom. The van der Waals surface area contributed by atoms with Gasteiger partial charge in [-0.15, -0.1) is 0 Å². The highest BCUT2D eigenvalue weighted by Crippen LogP contribution is 2.32. The van der Waals surface area contributed by atoms with Crippen LogP contribution in [0.3, 0.4) is 0 Å². The second-order valence-corrected chi connectivity index (χ2v) is 8.04. The van der Waals surface area contributed by atoms with Gasteiger partial charge in [-0.05, 0) is 39.4 Å². The van der Waals surface area contributed by atoms with E-state index in [-0.39, 0.29) is 22.7 Å². The van der Waals surface area contributed by atoms with E-state index in [1.54, 1.807) is 17.0 Å². The molecular weight excluding hydrogens is 336 g/mol. The van der Waals surface area contributed by atoms with Crippen LogP contribution in [0, 0.1) is 10.1 Å². The van der Waals surface area contributed by atoms with E-state index in [1.807, 2.05) is 33.9 Å². The number of non-ortho nitro benzene ring substituents is 1. The first-order valence-electron chi connectivity index (χ1n) is 8.84. The van der Waals surface area contributed by atoms with Gasteiger partial charge in [0.15, 0.2) is 0 Å². The van der Waals surface area contributed by atoms with Crippen molar-refractivity contribution in [3.8, 4) is 0 Å². The summed E-state index contributed by atoms with van der Waals surface area (Å²) in [4.78, 5) is 29.3. The number of nitrogens with zero attached hydrogens (tertiary/aromatic N) is 4. The van der Waals surface area contributed by atoms with Crippen LogP contribution in [-0.2, 0) is 11.3 Å². The molecule has 2 aliphatic rings. The smallest absolute Gasteiger partial charge is 0.410 e.